The minimum absolute atomic E-state index is 0.0208. The number of hydrogen-bond donors (Lipinski definition) is 2. The van der Waals surface area contributed by atoms with Crippen LogP contribution in [0.25, 0.3) is 10.4 Å². The first-order valence-corrected chi connectivity index (χ1v) is 13.0. The number of carboxylic acids is 2. The second kappa shape index (κ2) is 9.91. The smallest absolute Gasteiger partial charge is 0.349 e. The highest BCUT2D eigenvalue weighted by atomic mass is 32.2. The van der Waals surface area contributed by atoms with Crippen LogP contribution in [0.15, 0.2) is 24.3 Å². The fourth-order valence-corrected chi connectivity index (χ4v) is 6.13. The highest BCUT2D eigenvalue weighted by molar-refractivity contribution is 7.92. The number of ether oxygens (including phenoxy) is 1. The average Bonchev–Trinajstić information content (AvgIpc) is 3.07. The molecule has 0 aliphatic heterocycles. The third-order valence-electron chi connectivity index (χ3n) is 5.57. The first kappa shape index (κ1) is 24.1. The molecular formula is C22H27NO7S2. The second-order valence-corrected chi connectivity index (χ2v) is 11.0. The summed E-state index contributed by atoms with van der Waals surface area (Å²) < 4.78 is 31.9. The van der Waals surface area contributed by atoms with E-state index < -0.39 is 28.6 Å². The largest absolute Gasteiger partial charge is 0.480 e. The van der Waals surface area contributed by atoms with Crippen LogP contribution in [0, 0.1) is 12.8 Å². The van der Waals surface area contributed by atoms with Gasteiger partial charge in [0.2, 0.25) is 10.0 Å². The van der Waals surface area contributed by atoms with E-state index in [9.17, 15) is 23.1 Å². The average molecular weight is 482 g/mol. The molecule has 1 aromatic carbocycles. The Balaban J connectivity index is 1.99. The quantitative estimate of drug-likeness (QED) is 0.550. The molecule has 0 spiro atoms. The van der Waals surface area contributed by atoms with Crippen LogP contribution in [0.3, 0.4) is 0 Å². The molecule has 2 aromatic rings. The number of sulfonamides is 1. The molecule has 1 aromatic heterocycles. The summed E-state index contributed by atoms with van der Waals surface area (Å²) in [5.74, 6) is -2.09. The third kappa shape index (κ3) is 5.60. The Morgan fingerprint density at radius 3 is 2.47 bits per heavy atom. The summed E-state index contributed by atoms with van der Waals surface area (Å²) in [7, 11) is -3.51. The predicted molar refractivity (Wildman–Crippen MR) is 123 cm³/mol. The van der Waals surface area contributed by atoms with Gasteiger partial charge in [0.15, 0.2) is 11.5 Å². The minimum atomic E-state index is -3.51. The van der Waals surface area contributed by atoms with Gasteiger partial charge in [-0.05, 0) is 43.4 Å². The number of carboxylic acid groups (broad SMARTS) is 2. The van der Waals surface area contributed by atoms with E-state index in [-0.39, 0.29) is 10.6 Å². The fourth-order valence-electron chi connectivity index (χ4n) is 4.06. The Hall–Kier alpha value is -2.59. The Kier molecular flexibility index (Phi) is 7.45. The summed E-state index contributed by atoms with van der Waals surface area (Å²) in [6, 6.07) is 6.97. The molecule has 8 nitrogen and oxygen atoms in total. The van der Waals surface area contributed by atoms with Crippen LogP contribution < -0.4 is 9.04 Å². The van der Waals surface area contributed by atoms with Crippen LogP contribution in [0.5, 0.6) is 5.75 Å². The van der Waals surface area contributed by atoms with Crippen molar-refractivity contribution < 1.29 is 33.0 Å². The van der Waals surface area contributed by atoms with Crippen molar-refractivity contribution in [3.8, 4) is 16.2 Å². The monoisotopic (exact) mass is 481 g/mol. The summed E-state index contributed by atoms with van der Waals surface area (Å²) >= 11 is 0.977. The summed E-state index contributed by atoms with van der Waals surface area (Å²) in [5.41, 5.74) is 1.67. The van der Waals surface area contributed by atoms with Crippen molar-refractivity contribution in [2.45, 2.75) is 39.0 Å². The van der Waals surface area contributed by atoms with E-state index in [0.717, 1.165) is 37.0 Å². The van der Waals surface area contributed by atoms with E-state index in [4.69, 9.17) is 9.84 Å². The van der Waals surface area contributed by atoms with Crippen molar-refractivity contribution in [1.29, 1.82) is 0 Å². The second-order valence-electron chi connectivity index (χ2n) is 8.05. The lowest BCUT2D eigenvalue weighted by Gasteiger charge is -2.30. The number of hydrogen-bond acceptors (Lipinski definition) is 6. The molecule has 1 fully saturated rings. The van der Waals surface area contributed by atoms with Gasteiger partial charge in [0.05, 0.1) is 11.9 Å². The van der Waals surface area contributed by atoms with Gasteiger partial charge in [0, 0.05) is 17.0 Å². The summed E-state index contributed by atoms with van der Waals surface area (Å²) in [6.45, 7) is 1.43. The lowest BCUT2D eigenvalue weighted by Crippen LogP contribution is -2.35. The van der Waals surface area contributed by atoms with E-state index in [1.54, 1.807) is 31.2 Å². The Bertz CT molecular complexity index is 1100. The van der Waals surface area contributed by atoms with Gasteiger partial charge >= 0.3 is 11.9 Å². The van der Waals surface area contributed by atoms with Crippen LogP contribution >= 0.6 is 11.3 Å². The molecule has 0 unspecified atom stereocenters. The summed E-state index contributed by atoms with van der Waals surface area (Å²) in [4.78, 5) is 23.1. The van der Waals surface area contributed by atoms with Gasteiger partial charge in [0.1, 0.15) is 5.75 Å². The topological polar surface area (TPSA) is 121 Å². The van der Waals surface area contributed by atoms with Crippen molar-refractivity contribution in [2.75, 3.05) is 23.7 Å². The molecule has 10 heteroatoms. The Labute approximate surface area is 191 Å². The highest BCUT2D eigenvalue weighted by Crippen LogP contribution is 2.42. The molecule has 3 rings (SSSR count). The van der Waals surface area contributed by atoms with Gasteiger partial charge in [-0.2, -0.15) is 0 Å². The van der Waals surface area contributed by atoms with E-state index in [0.29, 0.717) is 34.2 Å². The molecule has 0 atom stereocenters. The number of nitrogens with zero attached hydrogens (tertiary/aromatic N) is 1. The molecule has 0 saturated heterocycles. The molecule has 1 aliphatic rings. The summed E-state index contributed by atoms with van der Waals surface area (Å²) in [5, 5.41) is 18.4. The van der Waals surface area contributed by atoms with E-state index in [2.05, 4.69) is 0 Å². The number of carbonyl (C=O) groups is 2. The number of benzene rings is 1. The maximum absolute atomic E-state index is 12.6. The van der Waals surface area contributed by atoms with Gasteiger partial charge in [-0.15, -0.1) is 11.3 Å². The standard InChI is InChI=1S/C22H27NO7S2/c1-14-19(30-13-18(24)25)21(22(26)27)31-20(14)16-9-6-10-17(11-16)23(32(2,28)29)12-15-7-4-3-5-8-15/h6,9-11,15H,3-5,7-8,12-13H2,1-2H3,(H,24,25)(H,26,27). The minimum Gasteiger partial charge on any atom is -0.480 e. The van der Waals surface area contributed by atoms with Crippen LogP contribution in [0.2, 0.25) is 0 Å². The molecule has 32 heavy (non-hydrogen) atoms. The zero-order valence-electron chi connectivity index (χ0n) is 18.0. The van der Waals surface area contributed by atoms with Gasteiger partial charge in [-0.25, -0.2) is 18.0 Å². The maximum atomic E-state index is 12.6. The van der Waals surface area contributed by atoms with Gasteiger partial charge in [-0.1, -0.05) is 31.4 Å². The molecule has 0 amide bonds. The van der Waals surface area contributed by atoms with Crippen molar-refractivity contribution in [1.82, 2.24) is 0 Å². The molecular weight excluding hydrogens is 454 g/mol. The van der Waals surface area contributed by atoms with Crippen molar-refractivity contribution in [2.24, 2.45) is 5.92 Å². The zero-order chi connectivity index (χ0) is 23.5. The molecule has 1 heterocycles. The van der Waals surface area contributed by atoms with Crippen LogP contribution in [-0.2, 0) is 14.8 Å². The van der Waals surface area contributed by atoms with Crippen LogP contribution in [-0.4, -0.2) is 50.0 Å². The van der Waals surface area contributed by atoms with Crippen molar-refractivity contribution >= 4 is 39.0 Å². The molecule has 1 aliphatic carbocycles. The van der Waals surface area contributed by atoms with Crippen molar-refractivity contribution in [3.05, 3.63) is 34.7 Å². The normalized spacial score (nSPS) is 14.8. The number of anilines is 1. The highest BCUT2D eigenvalue weighted by Gasteiger charge is 2.26. The van der Waals surface area contributed by atoms with E-state index in [1.807, 2.05) is 0 Å². The lowest BCUT2D eigenvalue weighted by molar-refractivity contribution is -0.139. The molecule has 0 bridgehead atoms. The Morgan fingerprint density at radius 2 is 1.88 bits per heavy atom. The van der Waals surface area contributed by atoms with Gasteiger partial charge in [-0.3, -0.25) is 4.31 Å². The molecule has 174 valence electrons. The van der Waals surface area contributed by atoms with E-state index >= 15 is 0 Å². The number of thiophene rings is 1. The number of rotatable bonds is 9. The van der Waals surface area contributed by atoms with E-state index in [1.165, 1.54) is 17.0 Å². The zero-order valence-corrected chi connectivity index (χ0v) is 19.7. The van der Waals surface area contributed by atoms with Crippen LogP contribution in [0.1, 0.15) is 47.3 Å². The first-order valence-electron chi connectivity index (χ1n) is 10.4. The fraction of sp³-hybridized carbons (Fsp3) is 0.455. The number of aromatic carboxylic acids is 1. The third-order valence-corrected chi connectivity index (χ3v) is 8.04. The van der Waals surface area contributed by atoms with Crippen LogP contribution in [0.4, 0.5) is 5.69 Å². The maximum Gasteiger partial charge on any atom is 0.349 e. The molecule has 1 saturated carbocycles. The predicted octanol–water partition coefficient (Wildman–Crippen LogP) is 4.23. The van der Waals surface area contributed by atoms with Gasteiger partial charge in [0.25, 0.3) is 0 Å². The van der Waals surface area contributed by atoms with Crippen molar-refractivity contribution in [3.63, 3.8) is 0 Å². The SMILES string of the molecule is Cc1c(-c2cccc(N(CC3CCCCC3)S(C)(=O)=O)c2)sc(C(=O)O)c1OCC(=O)O. The summed E-state index contributed by atoms with van der Waals surface area (Å²) in [6.07, 6.45) is 6.59. The first-order chi connectivity index (χ1) is 15.1. The van der Waals surface area contributed by atoms with Gasteiger partial charge < -0.3 is 14.9 Å². The lowest BCUT2D eigenvalue weighted by atomic mass is 9.89. The number of aliphatic carboxylic acids is 1. The Morgan fingerprint density at radius 1 is 1.19 bits per heavy atom. The molecule has 2 N–H and O–H groups in total. The molecule has 0 radical (unpaired) electrons.